The summed E-state index contributed by atoms with van der Waals surface area (Å²) in [5, 5.41) is 9.72. The SMILES string of the molecule is COc1ccccc1/C=C/C(=O)c1cc(I)ccc1O. The number of methoxy groups -OCH3 is 1. The van der Waals surface area contributed by atoms with Crippen molar-refractivity contribution in [2.75, 3.05) is 7.11 Å². The number of benzene rings is 2. The molecule has 0 atom stereocenters. The number of carbonyl (C=O) groups excluding carboxylic acids is 1. The molecule has 102 valence electrons. The molecule has 2 aromatic rings. The highest BCUT2D eigenvalue weighted by molar-refractivity contribution is 14.1. The van der Waals surface area contributed by atoms with Gasteiger partial charge in [-0.15, -0.1) is 0 Å². The van der Waals surface area contributed by atoms with E-state index >= 15 is 0 Å². The summed E-state index contributed by atoms with van der Waals surface area (Å²) in [4.78, 5) is 12.1. The Kier molecular flexibility index (Phi) is 4.79. The Bertz CT molecular complexity index is 663. The fourth-order valence-corrected chi connectivity index (χ4v) is 2.26. The van der Waals surface area contributed by atoms with Crippen molar-refractivity contribution in [1.82, 2.24) is 0 Å². The summed E-state index contributed by atoms with van der Waals surface area (Å²) in [6, 6.07) is 12.3. The average molecular weight is 380 g/mol. The molecule has 0 radical (unpaired) electrons. The second-order valence-electron chi connectivity index (χ2n) is 4.10. The van der Waals surface area contributed by atoms with Crippen molar-refractivity contribution in [3.63, 3.8) is 0 Å². The van der Waals surface area contributed by atoms with Crippen LogP contribution in [-0.4, -0.2) is 18.0 Å². The molecule has 0 bridgehead atoms. The van der Waals surface area contributed by atoms with Gasteiger partial charge in [0.15, 0.2) is 5.78 Å². The Morgan fingerprint density at radius 3 is 2.75 bits per heavy atom. The second kappa shape index (κ2) is 6.56. The highest BCUT2D eigenvalue weighted by atomic mass is 127. The number of para-hydroxylation sites is 1. The predicted molar refractivity (Wildman–Crippen MR) is 87.2 cm³/mol. The third-order valence-electron chi connectivity index (χ3n) is 2.78. The summed E-state index contributed by atoms with van der Waals surface area (Å²) in [7, 11) is 1.58. The van der Waals surface area contributed by atoms with Crippen LogP contribution in [0, 0.1) is 3.57 Å². The number of phenols is 1. The molecule has 0 fully saturated rings. The highest BCUT2D eigenvalue weighted by Crippen LogP contribution is 2.22. The third kappa shape index (κ3) is 3.39. The van der Waals surface area contributed by atoms with Gasteiger partial charge in [-0.05, 0) is 59.0 Å². The van der Waals surface area contributed by atoms with Crippen molar-refractivity contribution in [3.8, 4) is 11.5 Å². The van der Waals surface area contributed by atoms with Gasteiger partial charge in [-0.2, -0.15) is 0 Å². The van der Waals surface area contributed by atoms with E-state index in [-0.39, 0.29) is 11.5 Å². The van der Waals surface area contributed by atoms with E-state index < -0.39 is 0 Å². The van der Waals surface area contributed by atoms with E-state index in [9.17, 15) is 9.90 Å². The van der Waals surface area contributed by atoms with Gasteiger partial charge in [0.05, 0.1) is 12.7 Å². The fourth-order valence-electron chi connectivity index (χ4n) is 1.76. The Morgan fingerprint density at radius 1 is 1.25 bits per heavy atom. The van der Waals surface area contributed by atoms with Crippen LogP contribution in [0.1, 0.15) is 15.9 Å². The van der Waals surface area contributed by atoms with Crippen LogP contribution in [0.25, 0.3) is 6.08 Å². The molecular weight excluding hydrogens is 367 g/mol. The van der Waals surface area contributed by atoms with Gasteiger partial charge < -0.3 is 9.84 Å². The van der Waals surface area contributed by atoms with Gasteiger partial charge in [0, 0.05) is 9.13 Å². The van der Waals surface area contributed by atoms with E-state index in [2.05, 4.69) is 22.6 Å². The number of allylic oxidation sites excluding steroid dienone is 1. The van der Waals surface area contributed by atoms with Crippen molar-refractivity contribution in [3.05, 3.63) is 63.2 Å². The molecule has 0 amide bonds. The maximum Gasteiger partial charge on any atom is 0.189 e. The van der Waals surface area contributed by atoms with Gasteiger partial charge in [0.2, 0.25) is 0 Å². The lowest BCUT2D eigenvalue weighted by Gasteiger charge is -2.04. The van der Waals surface area contributed by atoms with Crippen LogP contribution < -0.4 is 4.74 Å². The molecule has 0 unspecified atom stereocenters. The molecule has 0 aliphatic heterocycles. The molecule has 2 rings (SSSR count). The lowest BCUT2D eigenvalue weighted by Crippen LogP contribution is -1.96. The molecule has 0 aromatic heterocycles. The summed E-state index contributed by atoms with van der Waals surface area (Å²) in [5.41, 5.74) is 1.11. The van der Waals surface area contributed by atoms with E-state index in [0.29, 0.717) is 11.3 Å². The van der Waals surface area contributed by atoms with Gasteiger partial charge in [0.1, 0.15) is 11.5 Å². The summed E-state index contributed by atoms with van der Waals surface area (Å²) in [6.45, 7) is 0. The molecule has 0 aliphatic rings. The highest BCUT2D eigenvalue weighted by Gasteiger charge is 2.09. The molecule has 4 heteroatoms. The zero-order valence-electron chi connectivity index (χ0n) is 10.8. The van der Waals surface area contributed by atoms with Gasteiger partial charge >= 0.3 is 0 Å². The quantitative estimate of drug-likeness (QED) is 0.497. The van der Waals surface area contributed by atoms with Crippen molar-refractivity contribution in [1.29, 1.82) is 0 Å². The Labute approximate surface area is 131 Å². The molecule has 0 saturated heterocycles. The second-order valence-corrected chi connectivity index (χ2v) is 5.35. The van der Waals surface area contributed by atoms with Crippen LogP contribution in [0.2, 0.25) is 0 Å². The minimum atomic E-state index is -0.244. The first-order valence-electron chi connectivity index (χ1n) is 5.96. The molecule has 1 N–H and O–H groups in total. The van der Waals surface area contributed by atoms with Crippen molar-refractivity contribution < 1.29 is 14.6 Å². The van der Waals surface area contributed by atoms with E-state index in [0.717, 1.165) is 9.13 Å². The number of aromatic hydroxyl groups is 1. The van der Waals surface area contributed by atoms with Gasteiger partial charge in [-0.1, -0.05) is 18.2 Å². The zero-order chi connectivity index (χ0) is 14.5. The van der Waals surface area contributed by atoms with E-state index in [4.69, 9.17) is 4.74 Å². The fraction of sp³-hybridized carbons (Fsp3) is 0.0625. The normalized spacial score (nSPS) is 10.7. The first kappa shape index (κ1) is 14.6. The third-order valence-corrected chi connectivity index (χ3v) is 3.45. The van der Waals surface area contributed by atoms with Crippen molar-refractivity contribution >= 4 is 34.5 Å². The summed E-state index contributed by atoms with van der Waals surface area (Å²) < 4.78 is 6.11. The number of hydrogen-bond donors (Lipinski definition) is 1. The number of ketones is 1. The Morgan fingerprint density at radius 2 is 2.00 bits per heavy atom. The summed E-state index contributed by atoms with van der Waals surface area (Å²) in [5.74, 6) is 0.440. The summed E-state index contributed by atoms with van der Waals surface area (Å²) >= 11 is 2.10. The number of hydrogen-bond acceptors (Lipinski definition) is 3. The maximum absolute atomic E-state index is 12.1. The monoisotopic (exact) mass is 380 g/mol. The molecule has 0 spiro atoms. The number of rotatable bonds is 4. The predicted octanol–water partition coefficient (Wildman–Crippen LogP) is 3.90. The van der Waals surface area contributed by atoms with Crippen molar-refractivity contribution in [2.45, 2.75) is 0 Å². The standard InChI is InChI=1S/C16H13IO3/c1-20-16-5-3-2-4-11(16)6-8-14(18)13-10-12(17)7-9-15(13)19/h2-10,19H,1H3/b8-6+. The molecule has 3 nitrogen and oxygen atoms in total. The van der Waals surface area contributed by atoms with E-state index in [1.807, 2.05) is 24.3 Å². The lowest BCUT2D eigenvalue weighted by molar-refractivity contribution is 0.104. The number of carbonyl (C=O) groups is 1. The van der Waals surface area contributed by atoms with Gasteiger partial charge in [0.25, 0.3) is 0 Å². The number of halogens is 1. The number of phenolic OH excluding ortho intramolecular Hbond substituents is 1. The molecule has 2 aromatic carbocycles. The Balaban J connectivity index is 2.27. The molecular formula is C16H13IO3. The van der Waals surface area contributed by atoms with Gasteiger partial charge in [-0.25, -0.2) is 0 Å². The number of ether oxygens (including phenoxy) is 1. The van der Waals surface area contributed by atoms with Crippen LogP contribution in [0.3, 0.4) is 0 Å². The molecule has 0 heterocycles. The minimum Gasteiger partial charge on any atom is -0.507 e. The molecule has 0 saturated carbocycles. The van der Waals surface area contributed by atoms with Crippen LogP contribution >= 0.6 is 22.6 Å². The summed E-state index contributed by atoms with van der Waals surface area (Å²) in [6.07, 6.45) is 3.11. The minimum absolute atomic E-state index is 0.0138. The first-order valence-corrected chi connectivity index (χ1v) is 7.03. The largest absolute Gasteiger partial charge is 0.507 e. The smallest absolute Gasteiger partial charge is 0.189 e. The van der Waals surface area contributed by atoms with Crippen LogP contribution in [0.5, 0.6) is 11.5 Å². The van der Waals surface area contributed by atoms with Crippen molar-refractivity contribution in [2.24, 2.45) is 0 Å². The van der Waals surface area contributed by atoms with E-state index in [1.54, 1.807) is 25.3 Å². The average Bonchev–Trinajstić information content (AvgIpc) is 2.47. The molecule has 20 heavy (non-hydrogen) atoms. The first-order chi connectivity index (χ1) is 9.61. The van der Waals surface area contributed by atoms with Crippen LogP contribution in [0.4, 0.5) is 0 Å². The maximum atomic E-state index is 12.1. The van der Waals surface area contributed by atoms with Crippen LogP contribution in [-0.2, 0) is 0 Å². The lowest BCUT2D eigenvalue weighted by atomic mass is 10.1. The van der Waals surface area contributed by atoms with E-state index in [1.165, 1.54) is 12.1 Å². The van der Waals surface area contributed by atoms with Crippen LogP contribution in [0.15, 0.2) is 48.5 Å². The Hall–Kier alpha value is -1.82. The topological polar surface area (TPSA) is 46.5 Å². The molecule has 0 aliphatic carbocycles. The zero-order valence-corrected chi connectivity index (χ0v) is 13.0. The van der Waals surface area contributed by atoms with Gasteiger partial charge in [-0.3, -0.25) is 4.79 Å².